The topological polar surface area (TPSA) is 38.9 Å². The molecule has 0 radical (unpaired) electrons. The summed E-state index contributed by atoms with van der Waals surface area (Å²) in [4.78, 5) is 9.85. The van der Waals surface area contributed by atoms with Crippen LogP contribution in [0.3, 0.4) is 0 Å². The molecule has 132 valence electrons. The molecule has 0 aliphatic heterocycles. The van der Waals surface area contributed by atoms with E-state index in [-0.39, 0.29) is 0 Å². The van der Waals surface area contributed by atoms with Crippen LogP contribution < -0.4 is 0 Å². The highest BCUT2D eigenvalue weighted by molar-refractivity contribution is 6.05. The zero-order valence-corrected chi connectivity index (χ0v) is 15.1. The monoisotopic (exact) mass is 360 g/mol. The van der Waals surface area contributed by atoms with E-state index in [4.69, 9.17) is 14.4 Å². The molecule has 1 aliphatic carbocycles. The molecule has 2 heterocycles. The van der Waals surface area contributed by atoms with Crippen molar-refractivity contribution in [2.45, 2.75) is 6.42 Å². The Bertz CT molecular complexity index is 1380. The van der Waals surface area contributed by atoms with Crippen molar-refractivity contribution in [2.24, 2.45) is 0 Å². The van der Waals surface area contributed by atoms with E-state index in [1.54, 1.807) is 0 Å². The smallest absolute Gasteiger partial charge is 0.160 e. The highest BCUT2D eigenvalue weighted by Gasteiger charge is 2.21. The van der Waals surface area contributed by atoms with Gasteiger partial charge in [-0.15, -0.1) is 0 Å². The van der Waals surface area contributed by atoms with Crippen molar-refractivity contribution in [2.75, 3.05) is 0 Å². The minimum absolute atomic E-state index is 0.740. The number of benzene rings is 3. The van der Waals surface area contributed by atoms with Gasteiger partial charge in [-0.1, -0.05) is 66.7 Å². The molecule has 1 aliphatic rings. The SMILES string of the molecule is C1=Cc2oc3cccc(-c4nc(-c5ccccc5)nc5ccccc45)c3c2C1. The maximum atomic E-state index is 6.07. The molecule has 28 heavy (non-hydrogen) atoms. The van der Waals surface area contributed by atoms with E-state index in [0.717, 1.165) is 56.7 Å². The van der Waals surface area contributed by atoms with Gasteiger partial charge in [-0.2, -0.15) is 0 Å². The number of fused-ring (bicyclic) bond motifs is 4. The molecule has 2 aromatic heterocycles. The third-order valence-electron chi connectivity index (χ3n) is 5.33. The molecule has 5 aromatic rings. The molecular weight excluding hydrogens is 344 g/mol. The van der Waals surface area contributed by atoms with Crippen molar-refractivity contribution in [1.82, 2.24) is 9.97 Å². The largest absolute Gasteiger partial charge is 0.456 e. The van der Waals surface area contributed by atoms with E-state index in [0.29, 0.717) is 0 Å². The molecule has 0 atom stereocenters. The van der Waals surface area contributed by atoms with Crippen LogP contribution in [0, 0.1) is 0 Å². The normalized spacial score (nSPS) is 12.7. The van der Waals surface area contributed by atoms with Crippen molar-refractivity contribution in [3.63, 3.8) is 0 Å². The van der Waals surface area contributed by atoms with Crippen LogP contribution in [-0.4, -0.2) is 9.97 Å². The summed E-state index contributed by atoms with van der Waals surface area (Å²) in [7, 11) is 0. The molecule has 0 unspecified atom stereocenters. The lowest BCUT2D eigenvalue weighted by Gasteiger charge is -2.10. The van der Waals surface area contributed by atoms with Crippen molar-refractivity contribution in [3.8, 4) is 22.6 Å². The molecule has 0 saturated carbocycles. The average molecular weight is 360 g/mol. The minimum atomic E-state index is 0.740. The number of rotatable bonds is 2. The fourth-order valence-corrected chi connectivity index (χ4v) is 4.05. The highest BCUT2D eigenvalue weighted by Crippen LogP contribution is 2.39. The summed E-state index contributed by atoms with van der Waals surface area (Å²) in [6.45, 7) is 0. The van der Waals surface area contributed by atoms with Gasteiger partial charge >= 0.3 is 0 Å². The van der Waals surface area contributed by atoms with E-state index in [9.17, 15) is 0 Å². The second-order valence-corrected chi connectivity index (χ2v) is 7.01. The Labute approximate surface area is 162 Å². The third kappa shape index (κ3) is 2.23. The van der Waals surface area contributed by atoms with Gasteiger partial charge in [-0.05, 0) is 24.6 Å². The van der Waals surface area contributed by atoms with Gasteiger partial charge in [0.05, 0.1) is 11.2 Å². The number of hydrogen-bond donors (Lipinski definition) is 0. The zero-order valence-electron chi connectivity index (χ0n) is 15.1. The summed E-state index contributed by atoms with van der Waals surface area (Å²) < 4.78 is 6.07. The molecular formula is C25H16N2O. The van der Waals surface area contributed by atoms with Gasteiger partial charge in [0.1, 0.15) is 11.3 Å². The number of hydrogen-bond acceptors (Lipinski definition) is 3. The Morgan fingerprint density at radius 2 is 1.64 bits per heavy atom. The number of para-hydroxylation sites is 1. The van der Waals surface area contributed by atoms with Gasteiger partial charge in [0.2, 0.25) is 0 Å². The average Bonchev–Trinajstić information content (AvgIpc) is 3.34. The van der Waals surface area contributed by atoms with Crippen molar-refractivity contribution in [3.05, 3.63) is 90.2 Å². The van der Waals surface area contributed by atoms with E-state index >= 15 is 0 Å². The molecule has 3 aromatic carbocycles. The summed E-state index contributed by atoms with van der Waals surface area (Å²) in [6, 6.07) is 24.6. The molecule has 0 spiro atoms. The lowest BCUT2D eigenvalue weighted by Crippen LogP contribution is -1.95. The lowest BCUT2D eigenvalue weighted by molar-refractivity contribution is 0.603. The first-order valence-corrected chi connectivity index (χ1v) is 9.42. The predicted molar refractivity (Wildman–Crippen MR) is 113 cm³/mol. The Morgan fingerprint density at radius 1 is 0.786 bits per heavy atom. The minimum Gasteiger partial charge on any atom is -0.456 e. The first kappa shape index (κ1) is 15.3. The molecule has 0 bridgehead atoms. The molecule has 3 nitrogen and oxygen atoms in total. The van der Waals surface area contributed by atoms with Gasteiger partial charge < -0.3 is 4.42 Å². The quantitative estimate of drug-likeness (QED) is 0.372. The van der Waals surface area contributed by atoms with Gasteiger partial charge in [0, 0.05) is 27.5 Å². The molecule has 6 rings (SSSR count). The molecule has 0 amide bonds. The molecule has 0 N–H and O–H groups in total. The van der Waals surface area contributed by atoms with Crippen LogP contribution in [0.15, 0.2) is 83.3 Å². The predicted octanol–water partition coefficient (Wildman–Crippen LogP) is 6.28. The second kappa shape index (κ2) is 5.89. The van der Waals surface area contributed by atoms with Gasteiger partial charge in [-0.25, -0.2) is 9.97 Å². The van der Waals surface area contributed by atoms with E-state index in [2.05, 4.69) is 30.4 Å². The molecule has 0 saturated heterocycles. The number of furan rings is 1. The number of aromatic nitrogens is 2. The van der Waals surface area contributed by atoms with Crippen LogP contribution in [0.25, 0.3) is 50.6 Å². The summed E-state index contributed by atoms with van der Waals surface area (Å²) in [5.41, 5.74) is 6.17. The summed E-state index contributed by atoms with van der Waals surface area (Å²) in [5, 5.41) is 2.21. The maximum Gasteiger partial charge on any atom is 0.160 e. The third-order valence-corrected chi connectivity index (χ3v) is 5.33. The molecule has 0 fully saturated rings. The number of nitrogens with zero attached hydrogens (tertiary/aromatic N) is 2. The van der Waals surface area contributed by atoms with Crippen molar-refractivity contribution >= 4 is 27.9 Å². The van der Waals surface area contributed by atoms with Gasteiger partial charge in [0.15, 0.2) is 5.82 Å². The Hall–Kier alpha value is -3.72. The molecule has 3 heteroatoms. The van der Waals surface area contributed by atoms with Crippen LogP contribution in [-0.2, 0) is 6.42 Å². The summed E-state index contributed by atoms with van der Waals surface area (Å²) in [6.07, 6.45) is 5.11. The lowest BCUT2D eigenvalue weighted by atomic mass is 9.99. The Morgan fingerprint density at radius 3 is 2.57 bits per heavy atom. The van der Waals surface area contributed by atoms with Crippen LogP contribution in [0.4, 0.5) is 0 Å². The second-order valence-electron chi connectivity index (χ2n) is 7.01. The van der Waals surface area contributed by atoms with Crippen LogP contribution in [0.1, 0.15) is 11.3 Å². The summed E-state index contributed by atoms with van der Waals surface area (Å²) >= 11 is 0. The fraction of sp³-hybridized carbons (Fsp3) is 0.0400. The van der Waals surface area contributed by atoms with E-state index < -0.39 is 0 Å². The summed E-state index contributed by atoms with van der Waals surface area (Å²) in [5.74, 6) is 1.70. The number of allylic oxidation sites excluding steroid dienone is 1. The van der Waals surface area contributed by atoms with Crippen molar-refractivity contribution < 1.29 is 4.42 Å². The van der Waals surface area contributed by atoms with Gasteiger partial charge in [0.25, 0.3) is 0 Å². The standard InChI is InChI=1S/C25H16N2O/c1-2-8-16(9-3-1)25-26-20-13-5-4-10-17(20)24(27-25)19-12-7-15-22-23(19)18-11-6-14-21(18)28-22/h1-10,12-15H,11H2. The first-order chi connectivity index (χ1) is 13.9. The highest BCUT2D eigenvalue weighted by atomic mass is 16.3. The first-order valence-electron chi connectivity index (χ1n) is 9.42. The van der Waals surface area contributed by atoms with E-state index in [1.807, 2.05) is 54.6 Å². The van der Waals surface area contributed by atoms with Gasteiger partial charge in [-0.3, -0.25) is 0 Å². The Kier molecular flexibility index (Phi) is 3.23. The van der Waals surface area contributed by atoms with Crippen molar-refractivity contribution in [1.29, 1.82) is 0 Å². The fourth-order valence-electron chi connectivity index (χ4n) is 4.05. The van der Waals surface area contributed by atoms with E-state index in [1.165, 1.54) is 5.56 Å². The van der Waals surface area contributed by atoms with Crippen LogP contribution in [0.5, 0.6) is 0 Å². The maximum absolute atomic E-state index is 6.07. The van der Waals surface area contributed by atoms with Crippen LogP contribution in [0.2, 0.25) is 0 Å². The van der Waals surface area contributed by atoms with Crippen LogP contribution >= 0.6 is 0 Å². The Balaban J connectivity index is 1.70. The zero-order chi connectivity index (χ0) is 18.5.